The van der Waals surface area contributed by atoms with E-state index < -0.39 is 0 Å². The summed E-state index contributed by atoms with van der Waals surface area (Å²) in [5.41, 5.74) is 7.48. The van der Waals surface area contributed by atoms with Crippen LogP contribution in [0.2, 0.25) is 0 Å². The summed E-state index contributed by atoms with van der Waals surface area (Å²) in [5.74, 6) is 0.464. The zero-order chi connectivity index (χ0) is 14.7. The summed E-state index contributed by atoms with van der Waals surface area (Å²) >= 11 is 3.40. The molecule has 2 aromatic rings. The summed E-state index contributed by atoms with van der Waals surface area (Å²) in [5, 5.41) is 2.85. The molecule has 1 aromatic carbocycles. The lowest BCUT2D eigenvalue weighted by molar-refractivity contribution is 0.101. The Morgan fingerprint density at radius 3 is 2.85 bits per heavy atom. The van der Waals surface area contributed by atoms with Gasteiger partial charge in [-0.1, -0.05) is 0 Å². The van der Waals surface area contributed by atoms with Crippen LogP contribution in [0.3, 0.4) is 0 Å². The van der Waals surface area contributed by atoms with Crippen molar-refractivity contribution in [1.29, 1.82) is 0 Å². The van der Waals surface area contributed by atoms with Crippen LogP contribution in [0.5, 0.6) is 5.75 Å². The van der Waals surface area contributed by atoms with Crippen molar-refractivity contribution in [2.45, 2.75) is 13.5 Å². The number of methoxy groups -OCH3 is 1. The molecule has 2 rings (SSSR count). The minimum atomic E-state index is -0.211. The molecule has 0 atom stereocenters. The van der Waals surface area contributed by atoms with Gasteiger partial charge in [-0.2, -0.15) is 0 Å². The minimum absolute atomic E-state index is 0.211. The summed E-state index contributed by atoms with van der Waals surface area (Å²) in [4.78, 5) is 12.3. The molecule has 0 aliphatic rings. The van der Waals surface area contributed by atoms with Gasteiger partial charge < -0.3 is 20.4 Å². The van der Waals surface area contributed by atoms with Gasteiger partial charge in [-0.3, -0.25) is 4.79 Å². The highest BCUT2D eigenvalue weighted by Gasteiger charge is 2.14. The Bertz CT molecular complexity index is 637. The predicted molar refractivity (Wildman–Crippen MR) is 83.2 cm³/mol. The zero-order valence-electron chi connectivity index (χ0n) is 11.3. The molecule has 0 saturated carbocycles. The summed E-state index contributed by atoms with van der Waals surface area (Å²) in [6, 6.07) is 7.05. The summed E-state index contributed by atoms with van der Waals surface area (Å²) in [7, 11) is 1.58. The van der Waals surface area contributed by atoms with Gasteiger partial charge in [0.15, 0.2) is 0 Å². The average molecular weight is 338 g/mol. The standard InChI is InChI=1S/C14H16BrN3O2/c1-3-18-8-9(16)6-13(18)14(19)17-12-7-10(20-2)4-5-11(12)15/h4-8H,3,16H2,1-2H3,(H,17,19). The number of benzene rings is 1. The van der Waals surface area contributed by atoms with Crippen LogP contribution < -0.4 is 15.8 Å². The van der Waals surface area contributed by atoms with E-state index in [0.717, 1.165) is 4.47 Å². The van der Waals surface area contributed by atoms with Crippen molar-refractivity contribution in [3.05, 3.63) is 40.6 Å². The number of amides is 1. The molecule has 0 fully saturated rings. The first-order valence-electron chi connectivity index (χ1n) is 6.15. The van der Waals surface area contributed by atoms with Gasteiger partial charge in [-0.05, 0) is 41.1 Å². The molecule has 0 aliphatic carbocycles. The van der Waals surface area contributed by atoms with Crippen LogP contribution in [0.4, 0.5) is 11.4 Å². The van der Waals surface area contributed by atoms with E-state index in [-0.39, 0.29) is 5.91 Å². The molecule has 0 aliphatic heterocycles. The van der Waals surface area contributed by atoms with E-state index in [9.17, 15) is 4.79 Å². The molecule has 106 valence electrons. The number of nitrogens with two attached hydrogens (primary N) is 1. The van der Waals surface area contributed by atoms with Gasteiger partial charge in [0.05, 0.1) is 18.5 Å². The number of hydrogen-bond acceptors (Lipinski definition) is 3. The Labute approximate surface area is 125 Å². The van der Waals surface area contributed by atoms with Crippen molar-refractivity contribution in [1.82, 2.24) is 4.57 Å². The fourth-order valence-electron chi connectivity index (χ4n) is 1.90. The second-order valence-corrected chi connectivity index (χ2v) is 5.10. The van der Waals surface area contributed by atoms with Gasteiger partial charge in [0.2, 0.25) is 0 Å². The van der Waals surface area contributed by atoms with Crippen LogP contribution in [0.1, 0.15) is 17.4 Å². The number of rotatable bonds is 4. The Morgan fingerprint density at radius 2 is 2.20 bits per heavy atom. The molecule has 6 heteroatoms. The molecule has 0 radical (unpaired) electrons. The molecule has 0 bridgehead atoms. The maximum Gasteiger partial charge on any atom is 0.272 e. The third kappa shape index (κ3) is 2.96. The minimum Gasteiger partial charge on any atom is -0.497 e. The number of anilines is 2. The largest absolute Gasteiger partial charge is 0.497 e. The number of nitrogens with zero attached hydrogens (tertiary/aromatic N) is 1. The number of aryl methyl sites for hydroxylation is 1. The van der Waals surface area contributed by atoms with Crippen LogP contribution in [0.25, 0.3) is 0 Å². The van der Waals surface area contributed by atoms with Gasteiger partial charge >= 0.3 is 0 Å². The lowest BCUT2D eigenvalue weighted by Crippen LogP contribution is -2.16. The summed E-state index contributed by atoms with van der Waals surface area (Å²) < 4.78 is 7.74. The molecule has 1 aromatic heterocycles. The number of carbonyl (C=O) groups is 1. The van der Waals surface area contributed by atoms with Crippen molar-refractivity contribution < 1.29 is 9.53 Å². The van der Waals surface area contributed by atoms with Crippen LogP contribution >= 0.6 is 15.9 Å². The van der Waals surface area contributed by atoms with Crippen LogP contribution in [0, 0.1) is 0 Å². The van der Waals surface area contributed by atoms with Crippen molar-refractivity contribution in [3.8, 4) is 5.75 Å². The van der Waals surface area contributed by atoms with Crippen LogP contribution in [-0.4, -0.2) is 17.6 Å². The average Bonchev–Trinajstić information content (AvgIpc) is 2.82. The monoisotopic (exact) mass is 337 g/mol. The first-order chi connectivity index (χ1) is 9.55. The highest BCUT2D eigenvalue weighted by Crippen LogP contribution is 2.27. The molecule has 3 N–H and O–H groups in total. The molecule has 0 spiro atoms. The van der Waals surface area contributed by atoms with Gasteiger partial charge in [-0.25, -0.2) is 0 Å². The summed E-state index contributed by atoms with van der Waals surface area (Å²) in [6.07, 6.45) is 1.75. The van der Waals surface area contributed by atoms with Crippen molar-refractivity contribution in [2.75, 3.05) is 18.2 Å². The number of ether oxygens (including phenoxy) is 1. The van der Waals surface area contributed by atoms with Crippen LogP contribution in [-0.2, 0) is 6.54 Å². The van der Waals surface area contributed by atoms with Crippen molar-refractivity contribution in [2.24, 2.45) is 0 Å². The molecular weight excluding hydrogens is 322 g/mol. The van der Waals surface area contributed by atoms with Gasteiger partial charge in [0.1, 0.15) is 11.4 Å². The second kappa shape index (κ2) is 6.00. The van der Waals surface area contributed by atoms with E-state index in [4.69, 9.17) is 10.5 Å². The first-order valence-corrected chi connectivity index (χ1v) is 6.95. The van der Waals surface area contributed by atoms with Gasteiger partial charge in [0.25, 0.3) is 5.91 Å². The van der Waals surface area contributed by atoms with E-state index in [1.165, 1.54) is 0 Å². The topological polar surface area (TPSA) is 69.3 Å². The van der Waals surface area contributed by atoms with E-state index in [0.29, 0.717) is 29.4 Å². The van der Waals surface area contributed by atoms with E-state index in [1.54, 1.807) is 30.0 Å². The van der Waals surface area contributed by atoms with Gasteiger partial charge in [0, 0.05) is 23.3 Å². The molecule has 5 nitrogen and oxygen atoms in total. The lowest BCUT2D eigenvalue weighted by atomic mass is 10.3. The smallest absolute Gasteiger partial charge is 0.272 e. The Morgan fingerprint density at radius 1 is 1.45 bits per heavy atom. The third-order valence-corrected chi connectivity index (χ3v) is 3.60. The normalized spacial score (nSPS) is 10.3. The quantitative estimate of drug-likeness (QED) is 0.900. The third-order valence-electron chi connectivity index (χ3n) is 2.91. The van der Waals surface area contributed by atoms with E-state index in [2.05, 4.69) is 21.2 Å². The molecule has 1 heterocycles. The Kier molecular flexibility index (Phi) is 4.34. The number of hydrogen-bond donors (Lipinski definition) is 2. The maximum atomic E-state index is 12.3. The first kappa shape index (κ1) is 14.5. The highest BCUT2D eigenvalue weighted by molar-refractivity contribution is 9.10. The SMILES string of the molecule is CCn1cc(N)cc1C(=O)Nc1cc(OC)ccc1Br. The summed E-state index contributed by atoms with van der Waals surface area (Å²) in [6.45, 7) is 2.64. The van der Waals surface area contributed by atoms with Crippen molar-refractivity contribution in [3.63, 3.8) is 0 Å². The number of nitrogen functional groups attached to an aromatic ring is 1. The fraction of sp³-hybridized carbons (Fsp3) is 0.214. The molecule has 0 saturated heterocycles. The fourth-order valence-corrected chi connectivity index (χ4v) is 2.24. The molecular formula is C14H16BrN3O2. The molecule has 20 heavy (non-hydrogen) atoms. The van der Waals surface area contributed by atoms with E-state index in [1.807, 2.05) is 19.1 Å². The zero-order valence-corrected chi connectivity index (χ0v) is 12.9. The lowest BCUT2D eigenvalue weighted by Gasteiger charge is -2.10. The number of halogens is 1. The Balaban J connectivity index is 2.27. The number of aromatic nitrogens is 1. The molecule has 0 unspecified atom stereocenters. The van der Waals surface area contributed by atoms with E-state index >= 15 is 0 Å². The van der Waals surface area contributed by atoms with Crippen molar-refractivity contribution >= 4 is 33.2 Å². The predicted octanol–water partition coefficient (Wildman–Crippen LogP) is 3.11. The van der Waals surface area contributed by atoms with Crippen LogP contribution in [0.15, 0.2) is 34.9 Å². The maximum absolute atomic E-state index is 12.3. The Hall–Kier alpha value is -1.95. The highest BCUT2D eigenvalue weighted by atomic mass is 79.9. The molecule has 1 amide bonds. The number of carbonyl (C=O) groups excluding carboxylic acids is 1. The second-order valence-electron chi connectivity index (χ2n) is 4.24. The van der Waals surface area contributed by atoms with Gasteiger partial charge in [-0.15, -0.1) is 0 Å². The number of nitrogens with one attached hydrogen (secondary N) is 1.